The molecule has 1 aliphatic heterocycles. The van der Waals surface area contributed by atoms with Crippen LogP contribution < -0.4 is 10.1 Å². The number of likely N-dealkylation sites (N-methyl/N-ethyl adjacent to an activating group) is 1. The van der Waals surface area contributed by atoms with Crippen molar-refractivity contribution in [1.29, 1.82) is 0 Å². The second kappa shape index (κ2) is 9.65. The molecule has 0 aliphatic carbocycles. The fourth-order valence-electron chi connectivity index (χ4n) is 3.27. The van der Waals surface area contributed by atoms with Crippen LogP contribution in [0.4, 0.5) is 0 Å². The van der Waals surface area contributed by atoms with Crippen LogP contribution in [0.2, 0.25) is 5.02 Å². The van der Waals surface area contributed by atoms with E-state index in [0.29, 0.717) is 17.4 Å². The van der Waals surface area contributed by atoms with Crippen LogP contribution >= 0.6 is 23.4 Å². The van der Waals surface area contributed by atoms with Crippen molar-refractivity contribution in [3.05, 3.63) is 59.1 Å². The Morgan fingerprint density at radius 3 is 2.79 bits per heavy atom. The predicted molar refractivity (Wildman–Crippen MR) is 111 cm³/mol. The first-order valence-electron chi connectivity index (χ1n) is 9.16. The summed E-state index contributed by atoms with van der Waals surface area (Å²) in [5.41, 5.74) is 0.956. The summed E-state index contributed by atoms with van der Waals surface area (Å²) in [5, 5.41) is 12.8. The lowest BCUT2D eigenvalue weighted by molar-refractivity contribution is -0.143. The Morgan fingerprint density at radius 1 is 1.36 bits per heavy atom. The summed E-state index contributed by atoms with van der Waals surface area (Å²) in [7, 11) is 1.64. The van der Waals surface area contributed by atoms with Crippen LogP contribution in [0.1, 0.15) is 18.9 Å². The summed E-state index contributed by atoms with van der Waals surface area (Å²) >= 11 is 7.84. The van der Waals surface area contributed by atoms with Gasteiger partial charge in [0.1, 0.15) is 23.8 Å². The van der Waals surface area contributed by atoms with E-state index in [4.69, 9.17) is 21.1 Å². The topological polar surface area (TPSA) is 67.8 Å². The molecule has 0 amide bonds. The van der Waals surface area contributed by atoms with Crippen LogP contribution in [0.5, 0.6) is 5.75 Å². The number of hydrogen-bond acceptors (Lipinski definition) is 5. The molecule has 2 aromatic rings. The number of rotatable bonds is 8. The average molecular weight is 422 g/mol. The lowest BCUT2D eigenvalue weighted by atomic mass is 9.98. The zero-order chi connectivity index (χ0) is 20.1. The Hall–Kier alpha value is -1.73. The molecule has 1 aliphatic rings. The van der Waals surface area contributed by atoms with Gasteiger partial charge in [-0.2, -0.15) is 0 Å². The minimum Gasteiger partial charge on any atom is -0.487 e. The number of aliphatic carboxylic acids is 1. The Kier molecular flexibility index (Phi) is 7.24. The van der Waals surface area contributed by atoms with E-state index in [1.807, 2.05) is 55.5 Å². The molecule has 2 aromatic carbocycles. The highest BCUT2D eigenvalue weighted by Gasteiger charge is 2.40. The van der Waals surface area contributed by atoms with Crippen LogP contribution in [0.3, 0.4) is 0 Å². The Bertz CT molecular complexity index is 804. The highest BCUT2D eigenvalue weighted by atomic mass is 35.5. The Balaban J connectivity index is 1.64. The molecule has 5 nitrogen and oxygen atoms in total. The van der Waals surface area contributed by atoms with E-state index < -0.39 is 12.0 Å². The maximum Gasteiger partial charge on any atom is 0.323 e. The third-order valence-electron chi connectivity index (χ3n) is 4.75. The summed E-state index contributed by atoms with van der Waals surface area (Å²) in [6.07, 6.45) is 0.421. The van der Waals surface area contributed by atoms with Gasteiger partial charge in [0, 0.05) is 4.90 Å². The molecule has 0 saturated carbocycles. The molecule has 0 spiro atoms. The number of carbonyl (C=O) groups is 1. The molecule has 28 heavy (non-hydrogen) atoms. The van der Waals surface area contributed by atoms with Gasteiger partial charge >= 0.3 is 5.97 Å². The molecule has 2 unspecified atom stereocenters. The van der Waals surface area contributed by atoms with Gasteiger partial charge in [-0.25, -0.2) is 0 Å². The van der Waals surface area contributed by atoms with Gasteiger partial charge in [0.15, 0.2) is 0 Å². The van der Waals surface area contributed by atoms with Crippen molar-refractivity contribution in [1.82, 2.24) is 5.32 Å². The van der Waals surface area contributed by atoms with Crippen molar-refractivity contribution in [2.45, 2.75) is 42.4 Å². The van der Waals surface area contributed by atoms with E-state index in [0.717, 1.165) is 16.9 Å². The molecule has 7 heteroatoms. The molecular formula is C21H24ClNO4S. The number of ether oxygens (including phenoxy) is 2. The van der Waals surface area contributed by atoms with E-state index in [2.05, 4.69) is 5.32 Å². The zero-order valence-corrected chi connectivity index (χ0v) is 17.4. The number of halogens is 1. The van der Waals surface area contributed by atoms with Gasteiger partial charge in [0.05, 0.1) is 11.1 Å². The van der Waals surface area contributed by atoms with Gasteiger partial charge in [0.2, 0.25) is 0 Å². The van der Waals surface area contributed by atoms with Crippen LogP contribution in [-0.2, 0) is 16.1 Å². The summed E-state index contributed by atoms with van der Waals surface area (Å²) in [6.45, 7) is 2.46. The third kappa shape index (κ3) is 5.20. The molecule has 1 heterocycles. The van der Waals surface area contributed by atoms with Crippen molar-refractivity contribution >= 4 is 29.3 Å². The molecule has 0 radical (unpaired) electrons. The van der Waals surface area contributed by atoms with Crippen LogP contribution in [0.15, 0.2) is 53.4 Å². The van der Waals surface area contributed by atoms with Crippen molar-refractivity contribution in [2.75, 3.05) is 7.05 Å². The molecule has 1 saturated heterocycles. The van der Waals surface area contributed by atoms with Gasteiger partial charge in [0.25, 0.3) is 0 Å². The van der Waals surface area contributed by atoms with Crippen LogP contribution in [-0.4, -0.2) is 35.7 Å². The van der Waals surface area contributed by atoms with Crippen molar-refractivity contribution in [2.24, 2.45) is 5.92 Å². The molecule has 0 aromatic heterocycles. The Labute approximate surface area is 174 Å². The monoisotopic (exact) mass is 421 g/mol. The number of carboxylic acid groups (broad SMARTS) is 1. The SMILES string of the molecule is CNC(C(=O)O)[C@@H]1OC(Sc2ccc(Cl)c(OCc3ccccc3)c2)C[C@H]1C. The minimum atomic E-state index is -0.895. The highest BCUT2D eigenvalue weighted by molar-refractivity contribution is 7.99. The summed E-state index contributed by atoms with van der Waals surface area (Å²) in [6, 6.07) is 14.8. The van der Waals surface area contributed by atoms with Crippen molar-refractivity contribution in [3.63, 3.8) is 0 Å². The van der Waals surface area contributed by atoms with E-state index in [1.54, 1.807) is 18.8 Å². The van der Waals surface area contributed by atoms with Crippen molar-refractivity contribution < 1.29 is 19.4 Å². The number of carboxylic acids is 1. The van der Waals surface area contributed by atoms with E-state index in [-0.39, 0.29) is 17.5 Å². The van der Waals surface area contributed by atoms with E-state index >= 15 is 0 Å². The zero-order valence-electron chi connectivity index (χ0n) is 15.8. The van der Waals surface area contributed by atoms with Gasteiger partial charge in [-0.05, 0) is 43.1 Å². The average Bonchev–Trinajstić information content (AvgIpc) is 3.03. The lowest BCUT2D eigenvalue weighted by Gasteiger charge is -2.22. The molecule has 150 valence electrons. The number of hydrogen-bond donors (Lipinski definition) is 2. The molecule has 0 bridgehead atoms. The normalized spacial score (nSPS) is 22.8. The summed E-state index contributed by atoms with van der Waals surface area (Å²) in [4.78, 5) is 12.4. The van der Waals surface area contributed by atoms with E-state index in [9.17, 15) is 9.90 Å². The number of thioether (sulfide) groups is 1. The minimum absolute atomic E-state index is 0.113. The third-order valence-corrected chi connectivity index (χ3v) is 6.15. The van der Waals surface area contributed by atoms with Crippen molar-refractivity contribution in [3.8, 4) is 5.75 Å². The van der Waals surface area contributed by atoms with Crippen LogP contribution in [0.25, 0.3) is 0 Å². The quantitative estimate of drug-likeness (QED) is 0.657. The fourth-order valence-corrected chi connectivity index (χ4v) is 4.65. The smallest absolute Gasteiger partial charge is 0.323 e. The lowest BCUT2D eigenvalue weighted by Crippen LogP contribution is -2.46. The second-order valence-corrected chi connectivity index (χ2v) is 8.47. The maximum absolute atomic E-state index is 11.4. The first-order valence-corrected chi connectivity index (χ1v) is 10.4. The first-order chi connectivity index (χ1) is 13.5. The maximum atomic E-state index is 11.4. The standard InChI is InChI=1S/C21H24ClNO4S/c1-13-10-18(27-20(13)19(23-2)21(24)25)28-15-8-9-16(22)17(11-15)26-12-14-6-4-3-5-7-14/h3-9,11,13,18-20,23H,10,12H2,1-2H3,(H,24,25)/t13-,18?,19?,20-/m1/s1. The molecular weight excluding hydrogens is 398 g/mol. The molecule has 3 rings (SSSR count). The van der Waals surface area contributed by atoms with Gasteiger partial charge in [-0.1, -0.05) is 60.6 Å². The summed E-state index contributed by atoms with van der Waals surface area (Å²) in [5.74, 6) is -0.128. The molecule has 4 atom stereocenters. The molecule has 2 N–H and O–H groups in total. The predicted octanol–water partition coefficient (Wildman–Crippen LogP) is 4.43. The number of nitrogens with one attached hydrogen (secondary N) is 1. The van der Waals surface area contributed by atoms with Gasteiger partial charge < -0.3 is 19.9 Å². The Morgan fingerprint density at radius 2 is 2.11 bits per heavy atom. The first kappa shape index (κ1) is 21.0. The van der Waals surface area contributed by atoms with E-state index in [1.165, 1.54) is 0 Å². The molecule has 1 fully saturated rings. The van der Waals surface area contributed by atoms with Crippen LogP contribution in [0, 0.1) is 5.92 Å². The fraction of sp³-hybridized carbons (Fsp3) is 0.381. The van der Waals surface area contributed by atoms with Gasteiger partial charge in [-0.3, -0.25) is 4.79 Å². The largest absolute Gasteiger partial charge is 0.487 e. The summed E-state index contributed by atoms with van der Waals surface area (Å²) < 4.78 is 11.9. The number of benzene rings is 2. The highest BCUT2D eigenvalue weighted by Crippen LogP contribution is 2.40. The second-order valence-electron chi connectivity index (χ2n) is 6.83. The van der Waals surface area contributed by atoms with Gasteiger partial charge in [-0.15, -0.1) is 0 Å².